The number of rotatable bonds is 8. The largest absolute Gasteiger partial charge is 0.473 e. The Hall–Kier alpha value is -3.51. The molecule has 2 N–H and O–H groups in total. The van der Waals surface area contributed by atoms with E-state index in [4.69, 9.17) is 9.47 Å². The lowest BCUT2D eigenvalue weighted by atomic mass is 10.1. The second kappa shape index (κ2) is 9.77. The lowest BCUT2D eigenvalue weighted by Gasteiger charge is -2.23. The zero-order valence-electron chi connectivity index (χ0n) is 18.5. The van der Waals surface area contributed by atoms with Crippen LogP contribution in [0.2, 0.25) is 0 Å². The summed E-state index contributed by atoms with van der Waals surface area (Å²) in [4.78, 5) is 21.4. The summed E-state index contributed by atoms with van der Waals surface area (Å²) < 4.78 is 27.8. The molecule has 0 aromatic carbocycles. The van der Waals surface area contributed by atoms with Gasteiger partial charge >= 0.3 is 0 Å². The Morgan fingerprint density at radius 2 is 2.21 bits per heavy atom. The van der Waals surface area contributed by atoms with Gasteiger partial charge in [-0.25, -0.2) is 9.37 Å². The average molecular weight is 486 g/mol. The molecule has 4 aromatic heterocycles. The third-order valence-corrected chi connectivity index (χ3v) is 6.24. The highest BCUT2D eigenvalue weighted by molar-refractivity contribution is 7.14. The summed E-state index contributed by atoms with van der Waals surface area (Å²) in [5.41, 5.74) is 2.78. The highest BCUT2D eigenvalue weighted by atomic mass is 32.1. The van der Waals surface area contributed by atoms with Crippen molar-refractivity contribution in [3.8, 4) is 11.6 Å². The fourth-order valence-electron chi connectivity index (χ4n) is 3.74. The molecular formula is C22H24FN7O3S. The predicted octanol–water partition coefficient (Wildman–Crippen LogP) is 3.22. The van der Waals surface area contributed by atoms with E-state index in [1.165, 1.54) is 11.3 Å². The van der Waals surface area contributed by atoms with Crippen molar-refractivity contribution < 1.29 is 18.7 Å². The fourth-order valence-corrected chi connectivity index (χ4v) is 4.52. The van der Waals surface area contributed by atoms with E-state index in [9.17, 15) is 9.18 Å². The molecule has 10 nitrogen and oxygen atoms in total. The number of fused-ring (bicyclic) bond motifs is 1. The number of hydrogen-bond donors (Lipinski definition) is 2. The molecule has 1 fully saturated rings. The van der Waals surface area contributed by atoms with Crippen molar-refractivity contribution in [2.24, 2.45) is 7.05 Å². The van der Waals surface area contributed by atoms with Crippen LogP contribution in [0.3, 0.4) is 0 Å². The van der Waals surface area contributed by atoms with Crippen molar-refractivity contribution >= 4 is 39.2 Å². The summed E-state index contributed by atoms with van der Waals surface area (Å²) in [6.07, 6.45) is 7.14. The van der Waals surface area contributed by atoms with Gasteiger partial charge in [-0.1, -0.05) is 0 Å². The third kappa shape index (κ3) is 4.73. The Bertz CT molecular complexity index is 1290. The van der Waals surface area contributed by atoms with Crippen molar-refractivity contribution in [3.63, 3.8) is 0 Å². The summed E-state index contributed by atoms with van der Waals surface area (Å²) in [7, 11) is 1.86. The summed E-state index contributed by atoms with van der Waals surface area (Å²) in [5, 5.41) is 12.3. The van der Waals surface area contributed by atoms with Gasteiger partial charge in [0.15, 0.2) is 0 Å². The first-order valence-electron chi connectivity index (χ1n) is 10.9. The minimum Gasteiger partial charge on any atom is -0.473 e. The highest BCUT2D eigenvalue weighted by Crippen LogP contribution is 2.31. The maximum Gasteiger partial charge on any atom is 0.252 e. The van der Waals surface area contributed by atoms with Crippen LogP contribution in [0.1, 0.15) is 23.2 Å². The molecule has 0 bridgehead atoms. The van der Waals surface area contributed by atoms with E-state index < -0.39 is 6.67 Å². The van der Waals surface area contributed by atoms with E-state index in [1.54, 1.807) is 22.3 Å². The van der Waals surface area contributed by atoms with Gasteiger partial charge in [0.25, 0.3) is 5.91 Å². The van der Waals surface area contributed by atoms with Crippen LogP contribution in [0.5, 0.6) is 5.88 Å². The van der Waals surface area contributed by atoms with Gasteiger partial charge in [-0.2, -0.15) is 10.1 Å². The summed E-state index contributed by atoms with van der Waals surface area (Å²) >= 11 is 1.34. The Morgan fingerprint density at radius 3 is 2.97 bits per heavy atom. The van der Waals surface area contributed by atoms with Crippen molar-refractivity contribution in [3.05, 3.63) is 41.7 Å². The van der Waals surface area contributed by atoms with Crippen molar-refractivity contribution in [1.82, 2.24) is 29.6 Å². The SMILES string of the molecule is Cn1cc(-n2ccc3nc(Nc4cc(C(=O)NCCF)cs4)nc(OC4CCOCC4)c32)cn1. The van der Waals surface area contributed by atoms with Gasteiger partial charge in [0.1, 0.15) is 18.3 Å². The predicted molar refractivity (Wildman–Crippen MR) is 126 cm³/mol. The van der Waals surface area contributed by atoms with E-state index in [1.807, 2.05) is 30.1 Å². The smallest absolute Gasteiger partial charge is 0.252 e. The number of hydrogen-bond acceptors (Lipinski definition) is 8. The first-order valence-corrected chi connectivity index (χ1v) is 11.8. The highest BCUT2D eigenvalue weighted by Gasteiger charge is 2.21. The molecular weight excluding hydrogens is 461 g/mol. The summed E-state index contributed by atoms with van der Waals surface area (Å²) in [6, 6.07) is 3.59. The van der Waals surface area contributed by atoms with Crippen LogP contribution in [0.4, 0.5) is 15.3 Å². The number of carbonyl (C=O) groups excluding carboxylic acids is 1. The van der Waals surface area contributed by atoms with Crippen LogP contribution in [-0.2, 0) is 11.8 Å². The van der Waals surface area contributed by atoms with E-state index in [-0.39, 0.29) is 18.6 Å². The molecule has 0 unspecified atom stereocenters. The van der Waals surface area contributed by atoms with Crippen molar-refractivity contribution in [1.29, 1.82) is 0 Å². The molecule has 1 amide bonds. The normalized spacial score (nSPS) is 14.4. The molecule has 0 atom stereocenters. The number of carbonyl (C=O) groups is 1. The van der Waals surface area contributed by atoms with Gasteiger partial charge in [-0.15, -0.1) is 11.3 Å². The maximum absolute atomic E-state index is 12.3. The number of amides is 1. The lowest BCUT2D eigenvalue weighted by Crippen LogP contribution is -2.26. The first-order chi connectivity index (χ1) is 16.6. The Morgan fingerprint density at radius 1 is 1.35 bits per heavy atom. The molecule has 0 saturated carbocycles. The third-order valence-electron chi connectivity index (χ3n) is 5.39. The number of aromatic nitrogens is 5. The molecule has 1 saturated heterocycles. The maximum atomic E-state index is 12.3. The monoisotopic (exact) mass is 485 g/mol. The molecule has 1 aliphatic rings. The second-order valence-electron chi connectivity index (χ2n) is 7.84. The molecule has 34 heavy (non-hydrogen) atoms. The van der Waals surface area contributed by atoms with Gasteiger partial charge in [0.2, 0.25) is 11.8 Å². The summed E-state index contributed by atoms with van der Waals surface area (Å²) in [6.45, 7) is 0.674. The number of thiophene rings is 1. The standard InChI is InChI=1S/C22H24FN7O3S/c1-29-12-15(11-25-29)30-7-2-17-19(30)21(33-16-3-8-32-9-4-16)28-22(26-17)27-18-10-14(13-34-18)20(31)24-6-5-23/h2,7,10-13,16H,3-6,8-9H2,1H3,(H,24,31)(H,26,27,28). The fraction of sp³-hybridized carbons (Fsp3) is 0.364. The number of ether oxygens (including phenoxy) is 2. The molecule has 178 valence electrons. The zero-order valence-corrected chi connectivity index (χ0v) is 19.3. The number of nitrogens with one attached hydrogen (secondary N) is 2. The number of anilines is 2. The van der Waals surface area contributed by atoms with Crippen LogP contribution in [0, 0.1) is 0 Å². The van der Waals surface area contributed by atoms with E-state index in [0.717, 1.165) is 24.0 Å². The van der Waals surface area contributed by atoms with E-state index in [2.05, 4.69) is 25.7 Å². The molecule has 5 rings (SSSR count). The Kier molecular flexibility index (Phi) is 6.41. The summed E-state index contributed by atoms with van der Waals surface area (Å²) in [5.74, 6) is 0.497. The number of nitrogens with zero attached hydrogens (tertiary/aromatic N) is 5. The van der Waals surface area contributed by atoms with Crippen molar-refractivity contribution in [2.45, 2.75) is 18.9 Å². The van der Waals surface area contributed by atoms with Gasteiger partial charge in [0.05, 0.1) is 41.2 Å². The van der Waals surface area contributed by atoms with Crippen LogP contribution < -0.4 is 15.4 Å². The first kappa shape index (κ1) is 22.3. The van der Waals surface area contributed by atoms with Gasteiger partial charge in [-0.05, 0) is 12.1 Å². The van der Waals surface area contributed by atoms with Gasteiger partial charge in [-0.3, -0.25) is 9.48 Å². The van der Waals surface area contributed by atoms with Crippen LogP contribution in [0.15, 0.2) is 36.1 Å². The Balaban J connectivity index is 1.47. The number of alkyl halides is 1. The van der Waals surface area contributed by atoms with Crippen LogP contribution >= 0.6 is 11.3 Å². The lowest BCUT2D eigenvalue weighted by molar-refractivity contribution is 0.0243. The minimum absolute atomic E-state index is 0.00973. The minimum atomic E-state index is -0.608. The molecule has 12 heteroatoms. The van der Waals surface area contributed by atoms with Crippen molar-refractivity contribution in [2.75, 3.05) is 31.7 Å². The second-order valence-corrected chi connectivity index (χ2v) is 8.75. The average Bonchev–Trinajstić information content (AvgIpc) is 3.58. The molecule has 0 aliphatic carbocycles. The quantitative estimate of drug-likeness (QED) is 0.395. The molecule has 5 heterocycles. The van der Waals surface area contributed by atoms with Crippen LogP contribution in [0.25, 0.3) is 16.7 Å². The molecule has 4 aromatic rings. The molecule has 0 spiro atoms. The number of halogens is 1. The molecule has 0 radical (unpaired) electrons. The topological polar surface area (TPSA) is 108 Å². The van der Waals surface area contributed by atoms with E-state index >= 15 is 0 Å². The zero-order chi connectivity index (χ0) is 23.5. The Labute approximate surface area is 198 Å². The number of aryl methyl sites for hydroxylation is 1. The van der Waals surface area contributed by atoms with Gasteiger partial charge < -0.3 is 24.7 Å². The van der Waals surface area contributed by atoms with Crippen LogP contribution in [-0.4, -0.2) is 62.8 Å². The molecule has 1 aliphatic heterocycles. The van der Waals surface area contributed by atoms with E-state index in [0.29, 0.717) is 41.1 Å². The van der Waals surface area contributed by atoms with Gasteiger partial charge in [0, 0.05) is 44.2 Å².